The van der Waals surface area contributed by atoms with Crippen LogP contribution in [0.4, 0.5) is 0 Å². The minimum atomic E-state index is -0.160. The summed E-state index contributed by atoms with van der Waals surface area (Å²) in [6, 6.07) is 22.0. The minimum absolute atomic E-state index is 0.0695. The van der Waals surface area contributed by atoms with Crippen molar-refractivity contribution in [3.8, 4) is 0 Å². The van der Waals surface area contributed by atoms with Gasteiger partial charge in [0, 0.05) is 31.6 Å². The van der Waals surface area contributed by atoms with Gasteiger partial charge in [0.1, 0.15) is 0 Å². The Labute approximate surface area is 183 Å². The molecular formula is C26H29N3O2. The number of hydrogen-bond donors (Lipinski definition) is 2. The molecule has 1 saturated heterocycles. The number of benzene rings is 3. The first kappa shape index (κ1) is 21.1. The number of fused-ring (bicyclic) bond motifs is 1. The Bertz CT molecular complexity index is 1040. The van der Waals surface area contributed by atoms with E-state index in [1.807, 2.05) is 42.5 Å². The third-order valence-corrected chi connectivity index (χ3v) is 5.77. The molecule has 4 rings (SSSR count). The Kier molecular flexibility index (Phi) is 6.95. The number of carbonyl (C=O) groups is 2. The lowest BCUT2D eigenvalue weighted by atomic mass is 10.1. The van der Waals surface area contributed by atoms with Crippen LogP contribution in [0.25, 0.3) is 10.8 Å². The monoisotopic (exact) mass is 415 g/mol. The van der Waals surface area contributed by atoms with Crippen molar-refractivity contribution < 1.29 is 9.59 Å². The number of nitrogens with one attached hydrogen (secondary N) is 2. The third-order valence-electron chi connectivity index (χ3n) is 5.77. The molecule has 2 amide bonds. The number of nitrogens with zero attached hydrogens (tertiary/aromatic N) is 1. The van der Waals surface area contributed by atoms with Crippen molar-refractivity contribution >= 4 is 22.6 Å². The van der Waals surface area contributed by atoms with E-state index in [9.17, 15) is 9.59 Å². The molecule has 0 saturated carbocycles. The summed E-state index contributed by atoms with van der Waals surface area (Å²) in [6.07, 6.45) is 2.85. The summed E-state index contributed by atoms with van der Waals surface area (Å²) in [6.45, 7) is 4.20. The van der Waals surface area contributed by atoms with E-state index in [4.69, 9.17) is 0 Å². The summed E-state index contributed by atoms with van der Waals surface area (Å²) in [5, 5.41) is 7.89. The summed E-state index contributed by atoms with van der Waals surface area (Å²) in [5.74, 6) is -0.230. The lowest BCUT2D eigenvalue weighted by Gasteiger charge is -2.14. The van der Waals surface area contributed by atoms with Gasteiger partial charge in [0.15, 0.2) is 0 Å². The summed E-state index contributed by atoms with van der Waals surface area (Å²) < 4.78 is 0. The van der Waals surface area contributed by atoms with Gasteiger partial charge in [-0.1, -0.05) is 54.6 Å². The molecule has 0 spiro atoms. The first-order chi connectivity index (χ1) is 15.2. The second-order valence-electron chi connectivity index (χ2n) is 8.14. The smallest absolute Gasteiger partial charge is 0.251 e. The van der Waals surface area contributed by atoms with Crippen LogP contribution in [-0.2, 0) is 17.9 Å². The van der Waals surface area contributed by atoms with Crippen molar-refractivity contribution in [1.29, 1.82) is 0 Å². The molecule has 3 aromatic rings. The molecule has 1 aliphatic rings. The Morgan fingerprint density at radius 2 is 1.52 bits per heavy atom. The molecule has 1 heterocycles. The van der Waals surface area contributed by atoms with Crippen molar-refractivity contribution in [2.75, 3.05) is 19.6 Å². The maximum Gasteiger partial charge on any atom is 0.251 e. The summed E-state index contributed by atoms with van der Waals surface area (Å²) in [7, 11) is 0. The molecule has 3 aromatic carbocycles. The first-order valence-corrected chi connectivity index (χ1v) is 11.0. The van der Waals surface area contributed by atoms with E-state index in [-0.39, 0.29) is 18.2 Å². The fourth-order valence-electron chi connectivity index (χ4n) is 3.97. The number of rotatable bonds is 8. The Balaban J connectivity index is 1.18. The van der Waals surface area contributed by atoms with Crippen molar-refractivity contribution in [2.45, 2.75) is 32.4 Å². The predicted octanol–water partition coefficient (Wildman–Crippen LogP) is 3.87. The van der Waals surface area contributed by atoms with E-state index >= 15 is 0 Å². The number of hydrogen-bond acceptors (Lipinski definition) is 3. The van der Waals surface area contributed by atoms with E-state index < -0.39 is 0 Å². The summed E-state index contributed by atoms with van der Waals surface area (Å²) >= 11 is 0. The first-order valence-electron chi connectivity index (χ1n) is 11.0. The summed E-state index contributed by atoms with van der Waals surface area (Å²) in [4.78, 5) is 27.0. The van der Waals surface area contributed by atoms with Crippen LogP contribution in [0.1, 0.15) is 40.7 Å². The van der Waals surface area contributed by atoms with Gasteiger partial charge in [0.05, 0.1) is 0 Å². The van der Waals surface area contributed by atoms with Crippen LogP contribution in [0.3, 0.4) is 0 Å². The molecule has 0 radical (unpaired) electrons. The van der Waals surface area contributed by atoms with Gasteiger partial charge in [0.25, 0.3) is 5.91 Å². The molecule has 0 atom stereocenters. The molecule has 2 N–H and O–H groups in total. The van der Waals surface area contributed by atoms with E-state index in [0.717, 1.165) is 22.9 Å². The van der Waals surface area contributed by atoms with Gasteiger partial charge in [-0.2, -0.15) is 0 Å². The van der Waals surface area contributed by atoms with Crippen LogP contribution in [-0.4, -0.2) is 36.3 Å². The molecule has 0 aromatic heterocycles. The average Bonchev–Trinajstić information content (AvgIpc) is 3.31. The van der Waals surface area contributed by atoms with E-state index in [0.29, 0.717) is 18.7 Å². The van der Waals surface area contributed by atoms with Gasteiger partial charge in [-0.15, -0.1) is 0 Å². The standard InChI is InChI=1S/C26H29N3O2/c30-25(28-18-20-7-9-21(10-8-20)19-29-15-3-4-16-29)13-14-27-26(31)24-12-11-22-5-1-2-6-23(22)17-24/h1-2,5-12,17H,3-4,13-16,18-19H2,(H,27,31)(H,28,30). The van der Waals surface area contributed by atoms with Gasteiger partial charge in [0.2, 0.25) is 5.91 Å². The van der Waals surface area contributed by atoms with Crippen molar-refractivity contribution in [3.05, 3.63) is 83.4 Å². The van der Waals surface area contributed by atoms with E-state index in [1.165, 1.54) is 31.5 Å². The number of likely N-dealkylation sites (tertiary alicyclic amines) is 1. The highest BCUT2D eigenvalue weighted by molar-refractivity contribution is 5.98. The largest absolute Gasteiger partial charge is 0.352 e. The Morgan fingerprint density at radius 1 is 0.806 bits per heavy atom. The average molecular weight is 416 g/mol. The minimum Gasteiger partial charge on any atom is -0.352 e. The molecule has 0 unspecified atom stereocenters. The second-order valence-corrected chi connectivity index (χ2v) is 8.14. The quantitative estimate of drug-likeness (QED) is 0.587. The maximum absolute atomic E-state index is 12.4. The molecule has 160 valence electrons. The Morgan fingerprint density at radius 3 is 2.29 bits per heavy atom. The lowest BCUT2D eigenvalue weighted by molar-refractivity contribution is -0.121. The van der Waals surface area contributed by atoms with Crippen LogP contribution in [0, 0.1) is 0 Å². The van der Waals surface area contributed by atoms with Crippen LogP contribution < -0.4 is 10.6 Å². The highest BCUT2D eigenvalue weighted by Gasteiger charge is 2.11. The van der Waals surface area contributed by atoms with Gasteiger partial charge in [-0.3, -0.25) is 14.5 Å². The van der Waals surface area contributed by atoms with Gasteiger partial charge >= 0.3 is 0 Å². The summed E-state index contributed by atoms with van der Waals surface area (Å²) in [5.41, 5.74) is 3.00. The zero-order valence-corrected chi connectivity index (χ0v) is 17.8. The molecule has 5 nitrogen and oxygen atoms in total. The van der Waals surface area contributed by atoms with Gasteiger partial charge in [-0.25, -0.2) is 0 Å². The lowest BCUT2D eigenvalue weighted by Crippen LogP contribution is -2.30. The van der Waals surface area contributed by atoms with Gasteiger partial charge < -0.3 is 10.6 Å². The van der Waals surface area contributed by atoms with Crippen molar-refractivity contribution in [2.24, 2.45) is 0 Å². The molecule has 0 aliphatic carbocycles. The van der Waals surface area contributed by atoms with Gasteiger partial charge in [-0.05, 0) is 60.0 Å². The molecule has 0 bridgehead atoms. The van der Waals surface area contributed by atoms with E-state index in [2.05, 4.69) is 39.8 Å². The zero-order valence-electron chi connectivity index (χ0n) is 17.8. The normalized spacial score (nSPS) is 13.9. The molecule has 5 heteroatoms. The maximum atomic E-state index is 12.4. The van der Waals surface area contributed by atoms with E-state index in [1.54, 1.807) is 0 Å². The Hall–Kier alpha value is -3.18. The van der Waals surface area contributed by atoms with Crippen LogP contribution in [0.5, 0.6) is 0 Å². The van der Waals surface area contributed by atoms with Crippen LogP contribution in [0.15, 0.2) is 66.7 Å². The van der Waals surface area contributed by atoms with Crippen molar-refractivity contribution in [3.63, 3.8) is 0 Å². The zero-order chi connectivity index (χ0) is 21.5. The topological polar surface area (TPSA) is 61.4 Å². The molecular weight excluding hydrogens is 386 g/mol. The molecule has 1 aliphatic heterocycles. The molecule has 31 heavy (non-hydrogen) atoms. The van der Waals surface area contributed by atoms with Crippen LogP contribution >= 0.6 is 0 Å². The fraction of sp³-hybridized carbons (Fsp3) is 0.308. The SMILES string of the molecule is O=C(CCNC(=O)c1ccc2ccccc2c1)NCc1ccc(CN2CCCC2)cc1. The second kappa shape index (κ2) is 10.2. The number of carbonyl (C=O) groups excluding carboxylic acids is 2. The van der Waals surface area contributed by atoms with Crippen LogP contribution in [0.2, 0.25) is 0 Å². The highest BCUT2D eigenvalue weighted by Crippen LogP contribution is 2.16. The molecule has 1 fully saturated rings. The predicted molar refractivity (Wildman–Crippen MR) is 124 cm³/mol. The fourth-order valence-corrected chi connectivity index (χ4v) is 3.97. The third kappa shape index (κ3) is 5.92. The van der Waals surface area contributed by atoms with Crippen molar-refractivity contribution in [1.82, 2.24) is 15.5 Å². The number of amides is 2. The highest BCUT2D eigenvalue weighted by atomic mass is 16.2.